The minimum atomic E-state index is -3.43. The zero-order chi connectivity index (χ0) is 27.9. The number of ether oxygens (including phenoxy) is 4. The topological polar surface area (TPSA) is 130 Å². The first-order valence-corrected chi connectivity index (χ1v) is 14.1. The largest absolute Gasteiger partial charge is 0.493 e. The van der Waals surface area contributed by atoms with Crippen LogP contribution in [0.4, 0.5) is 0 Å². The van der Waals surface area contributed by atoms with Crippen LogP contribution in [0.2, 0.25) is 0 Å². The van der Waals surface area contributed by atoms with Gasteiger partial charge in [-0.2, -0.15) is 0 Å². The third kappa shape index (κ3) is 7.88. The summed E-state index contributed by atoms with van der Waals surface area (Å²) in [4.78, 5) is 31.5. The average Bonchev–Trinajstić information content (AvgIpc) is 2.87. The van der Waals surface area contributed by atoms with Crippen molar-refractivity contribution in [1.82, 2.24) is 18.8 Å². The van der Waals surface area contributed by atoms with Crippen LogP contribution in [0, 0.1) is 5.41 Å². The van der Waals surface area contributed by atoms with Gasteiger partial charge in [-0.3, -0.25) is 19.1 Å². The number of fused-ring (bicyclic) bond motifs is 1. The van der Waals surface area contributed by atoms with Crippen LogP contribution in [0.25, 0.3) is 10.9 Å². The highest BCUT2D eigenvalue weighted by molar-refractivity contribution is 7.89. The summed E-state index contributed by atoms with van der Waals surface area (Å²) in [6, 6.07) is 3.08. The smallest absolute Gasteiger partial charge is 0.312 e. The number of benzene rings is 1. The predicted octanol–water partition coefficient (Wildman–Crippen LogP) is 1.31. The lowest BCUT2D eigenvalue weighted by atomic mass is 9.98. The Morgan fingerprint density at radius 1 is 1.18 bits per heavy atom. The first-order valence-electron chi connectivity index (χ1n) is 12.5. The van der Waals surface area contributed by atoms with E-state index in [1.165, 1.54) is 35.4 Å². The number of carbonyl (C=O) groups excluding carboxylic acids is 1. The molecule has 0 unspecified atom stereocenters. The molecule has 1 saturated heterocycles. The highest BCUT2D eigenvalue weighted by Crippen LogP contribution is 2.30. The van der Waals surface area contributed by atoms with Gasteiger partial charge in [-0.25, -0.2) is 17.7 Å². The molecule has 0 N–H and O–H groups in total. The molecule has 2 aromatic rings. The van der Waals surface area contributed by atoms with Crippen LogP contribution < -0.4 is 15.0 Å². The summed E-state index contributed by atoms with van der Waals surface area (Å²) < 4.78 is 49.6. The summed E-state index contributed by atoms with van der Waals surface area (Å²) in [7, 11) is -0.453. The number of nitrogens with zero attached hydrogens (tertiary/aromatic N) is 4. The van der Waals surface area contributed by atoms with Gasteiger partial charge in [0.1, 0.15) is 12.9 Å². The Balaban J connectivity index is 1.60. The van der Waals surface area contributed by atoms with Gasteiger partial charge in [-0.1, -0.05) is 0 Å². The SMILES string of the molecule is COc1cc2c(=O)n(COC(=O)C(C)(C)C)cnc2cc1OCCN(C)S(=O)(=O)CCCN1CCOCC1. The van der Waals surface area contributed by atoms with E-state index >= 15 is 0 Å². The third-order valence-corrected chi connectivity index (χ3v) is 8.11. The number of morpholine rings is 1. The molecule has 1 aromatic heterocycles. The minimum absolute atomic E-state index is 0.0570. The van der Waals surface area contributed by atoms with Crippen molar-refractivity contribution in [2.75, 3.05) is 65.9 Å². The molecule has 2 heterocycles. The number of hydrogen-bond acceptors (Lipinski definition) is 10. The molecule has 212 valence electrons. The van der Waals surface area contributed by atoms with Gasteiger partial charge in [0.25, 0.3) is 5.56 Å². The monoisotopic (exact) mass is 554 g/mol. The first-order chi connectivity index (χ1) is 17.9. The van der Waals surface area contributed by atoms with E-state index in [0.717, 1.165) is 19.6 Å². The lowest BCUT2D eigenvalue weighted by Crippen LogP contribution is -2.38. The Kier molecular flexibility index (Phi) is 10.1. The van der Waals surface area contributed by atoms with Crippen molar-refractivity contribution in [2.24, 2.45) is 5.41 Å². The number of esters is 1. The molecule has 12 nitrogen and oxygen atoms in total. The maximum atomic E-state index is 12.9. The molecule has 0 spiro atoms. The number of methoxy groups -OCH3 is 1. The molecule has 0 saturated carbocycles. The molecule has 1 aromatic carbocycles. The molecule has 0 radical (unpaired) electrons. The van der Waals surface area contributed by atoms with Crippen LogP contribution in [0.3, 0.4) is 0 Å². The summed E-state index contributed by atoms with van der Waals surface area (Å²) in [5, 5.41) is 0.267. The van der Waals surface area contributed by atoms with Gasteiger partial charge >= 0.3 is 5.97 Å². The van der Waals surface area contributed by atoms with E-state index in [2.05, 4.69) is 9.88 Å². The summed E-state index contributed by atoms with van der Waals surface area (Å²) in [5.41, 5.74) is -0.725. The summed E-state index contributed by atoms with van der Waals surface area (Å²) >= 11 is 0. The van der Waals surface area contributed by atoms with Crippen LogP contribution in [-0.2, 0) is 31.0 Å². The normalized spacial score (nSPS) is 15.1. The molecule has 3 rings (SSSR count). The van der Waals surface area contributed by atoms with E-state index in [0.29, 0.717) is 36.7 Å². The Labute approximate surface area is 223 Å². The van der Waals surface area contributed by atoms with Gasteiger partial charge in [0.2, 0.25) is 10.0 Å². The zero-order valence-electron chi connectivity index (χ0n) is 22.8. The summed E-state index contributed by atoms with van der Waals surface area (Å²) in [6.45, 7) is 8.88. The number of rotatable bonds is 12. The van der Waals surface area contributed by atoms with E-state index in [-0.39, 0.29) is 31.0 Å². The van der Waals surface area contributed by atoms with Crippen molar-refractivity contribution in [2.45, 2.75) is 33.9 Å². The number of sulfonamides is 1. The molecule has 38 heavy (non-hydrogen) atoms. The Bertz CT molecular complexity index is 1270. The Morgan fingerprint density at radius 2 is 1.89 bits per heavy atom. The standard InChI is InChI=1S/C25H38N4O8S/c1-25(2,3)24(31)37-18-29-17-26-20-16-22(21(34-5)15-19(20)23(29)30)36-13-8-27(4)38(32,33)14-6-7-28-9-11-35-12-10-28/h15-17H,6-14,18H2,1-5H3. The van der Waals surface area contributed by atoms with E-state index in [9.17, 15) is 18.0 Å². The highest BCUT2D eigenvalue weighted by atomic mass is 32.2. The van der Waals surface area contributed by atoms with E-state index in [1.807, 2.05) is 0 Å². The van der Waals surface area contributed by atoms with Crippen molar-refractivity contribution in [3.05, 3.63) is 28.8 Å². The lowest BCUT2D eigenvalue weighted by molar-refractivity contribution is -0.157. The molecule has 0 atom stereocenters. The summed E-state index contributed by atoms with van der Waals surface area (Å²) in [6.07, 6.45) is 1.85. The minimum Gasteiger partial charge on any atom is -0.493 e. The second-order valence-electron chi connectivity index (χ2n) is 10.1. The van der Waals surface area contributed by atoms with Crippen molar-refractivity contribution in [1.29, 1.82) is 0 Å². The third-order valence-electron chi connectivity index (χ3n) is 6.18. The average molecular weight is 555 g/mol. The molecule has 0 amide bonds. The highest BCUT2D eigenvalue weighted by Gasteiger charge is 2.23. The second kappa shape index (κ2) is 12.9. The van der Waals surface area contributed by atoms with Crippen LogP contribution >= 0.6 is 0 Å². The van der Waals surface area contributed by atoms with E-state index < -0.39 is 27.0 Å². The maximum absolute atomic E-state index is 12.9. The fraction of sp³-hybridized carbons (Fsp3) is 0.640. The maximum Gasteiger partial charge on any atom is 0.312 e. The zero-order valence-corrected chi connectivity index (χ0v) is 23.6. The summed E-state index contributed by atoms with van der Waals surface area (Å²) in [5.74, 6) is 0.259. The fourth-order valence-electron chi connectivity index (χ4n) is 3.75. The van der Waals surface area contributed by atoms with Crippen LogP contribution in [0.5, 0.6) is 11.5 Å². The second-order valence-corrected chi connectivity index (χ2v) is 12.3. The number of hydrogen-bond donors (Lipinski definition) is 0. The van der Waals surface area contributed by atoms with Crippen molar-refractivity contribution in [3.8, 4) is 11.5 Å². The Hall–Kier alpha value is -2.74. The van der Waals surface area contributed by atoms with Crippen LogP contribution in [-0.4, -0.2) is 99.1 Å². The lowest BCUT2D eigenvalue weighted by Gasteiger charge is -2.26. The molecule has 1 aliphatic rings. The first kappa shape index (κ1) is 29.8. The Morgan fingerprint density at radius 3 is 2.55 bits per heavy atom. The molecule has 1 aliphatic heterocycles. The van der Waals surface area contributed by atoms with Gasteiger partial charge in [0, 0.05) is 32.7 Å². The van der Waals surface area contributed by atoms with Crippen molar-refractivity contribution < 1.29 is 32.2 Å². The van der Waals surface area contributed by atoms with E-state index in [4.69, 9.17) is 18.9 Å². The van der Waals surface area contributed by atoms with Gasteiger partial charge in [-0.05, 0) is 39.8 Å². The van der Waals surface area contributed by atoms with Gasteiger partial charge in [-0.15, -0.1) is 0 Å². The van der Waals surface area contributed by atoms with Crippen LogP contribution in [0.15, 0.2) is 23.3 Å². The van der Waals surface area contributed by atoms with Crippen molar-refractivity contribution in [3.63, 3.8) is 0 Å². The van der Waals surface area contributed by atoms with Gasteiger partial charge < -0.3 is 18.9 Å². The molecule has 0 aliphatic carbocycles. The number of aromatic nitrogens is 2. The molecule has 1 fully saturated rings. The molecule has 0 bridgehead atoms. The quantitative estimate of drug-likeness (QED) is 0.354. The van der Waals surface area contributed by atoms with Gasteiger partial charge in [0.05, 0.1) is 42.4 Å². The number of carbonyl (C=O) groups is 1. The fourth-order valence-corrected chi connectivity index (χ4v) is 4.91. The van der Waals surface area contributed by atoms with Gasteiger partial charge in [0.15, 0.2) is 18.2 Å². The molecule has 13 heteroatoms. The predicted molar refractivity (Wildman–Crippen MR) is 142 cm³/mol. The molecular formula is C25H38N4O8S. The van der Waals surface area contributed by atoms with E-state index in [1.54, 1.807) is 26.8 Å². The number of likely N-dealkylation sites (N-methyl/N-ethyl adjacent to an activating group) is 1. The van der Waals surface area contributed by atoms with Crippen LogP contribution in [0.1, 0.15) is 27.2 Å². The van der Waals surface area contributed by atoms with Crippen molar-refractivity contribution >= 4 is 26.9 Å². The molecular weight excluding hydrogens is 516 g/mol.